The molecule has 0 unspecified atom stereocenters. The average Bonchev–Trinajstić information content (AvgIpc) is 2.83. The summed E-state index contributed by atoms with van der Waals surface area (Å²) in [5.41, 5.74) is 4.67. The first-order valence-corrected chi connectivity index (χ1v) is 6.85. The molecule has 1 aliphatic rings. The molecule has 18 heavy (non-hydrogen) atoms. The highest BCUT2D eigenvalue weighted by Crippen LogP contribution is 2.16. The first-order chi connectivity index (χ1) is 8.72. The maximum absolute atomic E-state index is 11.9. The molecule has 0 saturated heterocycles. The van der Waals surface area contributed by atoms with E-state index in [1.165, 1.54) is 0 Å². The van der Waals surface area contributed by atoms with E-state index in [1.807, 2.05) is 17.8 Å². The molecule has 94 valence electrons. The molecule has 0 atom stereocenters. The molecule has 1 N–H and O–H groups in total. The first kappa shape index (κ1) is 11.6. The van der Waals surface area contributed by atoms with Crippen molar-refractivity contribution in [1.82, 2.24) is 19.9 Å². The fraction of sp³-hybridized carbons (Fsp3) is 0.417. The Morgan fingerprint density at radius 3 is 3.22 bits per heavy atom. The maximum atomic E-state index is 11.9. The fourth-order valence-electron chi connectivity index (χ4n) is 2.28. The topological polar surface area (TPSA) is 61.9 Å². The molecule has 3 heterocycles. The number of thiazole rings is 1. The Morgan fingerprint density at radius 1 is 1.56 bits per heavy atom. The van der Waals surface area contributed by atoms with Crippen molar-refractivity contribution < 1.29 is 0 Å². The van der Waals surface area contributed by atoms with Crippen molar-refractivity contribution in [2.24, 2.45) is 0 Å². The minimum absolute atomic E-state index is 0.000442. The summed E-state index contributed by atoms with van der Waals surface area (Å²) in [6.45, 7) is 4.22. The zero-order chi connectivity index (χ0) is 12.5. The van der Waals surface area contributed by atoms with Crippen LogP contribution in [0.3, 0.4) is 0 Å². The molecule has 0 aliphatic carbocycles. The highest BCUT2D eigenvalue weighted by Gasteiger charge is 2.20. The van der Waals surface area contributed by atoms with Crippen molar-refractivity contribution in [3.8, 4) is 0 Å². The Bertz CT molecular complexity index is 605. The third-order valence-corrected chi connectivity index (χ3v) is 3.77. The lowest BCUT2D eigenvalue weighted by Gasteiger charge is -2.26. The van der Waals surface area contributed by atoms with Crippen molar-refractivity contribution in [2.45, 2.75) is 26.4 Å². The minimum atomic E-state index is 0.000442. The quantitative estimate of drug-likeness (QED) is 0.880. The van der Waals surface area contributed by atoms with Gasteiger partial charge >= 0.3 is 0 Å². The summed E-state index contributed by atoms with van der Waals surface area (Å²) in [5.74, 6) is 0.701. The normalized spacial score (nSPS) is 15.6. The number of nitrogens with zero attached hydrogens (tertiary/aromatic N) is 3. The summed E-state index contributed by atoms with van der Waals surface area (Å²) in [4.78, 5) is 25.6. The molecular weight excluding hydrogens is 248 g/mol. The van der Waals surface area contributed by atoms with Crippen LogP contribution in [-0.4, -0.2) is 26.4 Å². The molecule has 0 aromatic carbocycles. The van der Waals surface area contributed by atoms with E-state index < -0.39 is 0 Å². The van der Waals surface area contributed by atoms with Crippen LogP contribution in [0, 0.1) is 6.92 Å². The standard InChI is InChI=1S/C12H14N4OS/c1-8-14-11-2-3-16(4-9-6-18-7-13-9)5-10(11)12(17)15-8/h6-7H,2-5H2,1H3,(H,14,15,17). The van der Waals surface area contributed by atoms with Gasteiger partial charge in [0, 0.05) is 31.4 Å². The second-order valence-corrected chi connectivity index (χ2v) is 5.24. The third-order valence-electron chi connectivity index (χ3n) is 3.14. The van der Waals surface area contributed by atoms with Gasteiger partial charge in [0.15, 0.2) is 0 Å². The van der Waals surface area contributed by atoms with Crippen LogP contribution in [0.15, 0.2) is 15.7 Å². The molecule has 0 radical (unpaired) electrons. The second kappa shape index (κ2) is 4.62. The predicted octanol–water partition coefficient (Wildman–Crippen LogP) is 1.09. The Labute approximate surface area is 109 Å². The second-order valence-electron chi connectivity index (χ2n) is 4.52. The largest absolute Gasteiger partial charge is 0.310 e. The number of fused-ring (bicyclic) bond motifs is 1. The van der Waals surface area contributed by atoms with Crippen LogP contribution in [0.5, 0.6) is 0 Å². The van der Waals surface area contributed by atoms with Gasteiger partial charge in [-0.25, -0.2) is 9.97 Å². The van der Waals surface area contributed by atoms with Gasteiger partial charge in [0.1, 0.15) is 5.82 Å². The molecule has 0 fully saturated rings. The fourth-order valence-corrected chi connectivity index (χ4v) is 2.83. The van der Waals surface area contributed by atoms with Crippen molar-refractivity contribution in [2.75, 3.05) is 6.54 Å². The molecule has 0 spiro atoms. The minimum Gasteiger partial charge on any atom is -0.310 e. The van der Waals surface area contributed by atoms with Crippen molar-refractivity contribution in [3.63, 3.8) is 0 Å². The molecule has 2 aromatic rings. The van der Waals surface area contributed by atoms with Crippen molar-refractivity contribution >= 4 is 11.3 Å². The summed E-state index contributed by atoms with van der Waals surface area (Å²) in [6.07, 6.45) is 0.838. The van der Waals surface area contributed by atoms with E-state index in [9.17, 15) is 4.79 Å². The number of nitrogens with one attached hydrogen (secondary N) is 1. The summed E-state index contributed by atoms with van der Waals surface area (Å²) >= 11 is 1.60. The number of aromatic nitrogens is 3. The Balaban J connectivity index is 1.83. The summed E-state index contributed by atoms with van der Waals surface area (Å²) in [5, 5.41) is 2.05. The van der Waals surface area contributed by atoms with E-state index in [2.05, 4.69) is 19.9 Å². The lowest BCUT2D eigenvalue weighted by molar-refractivity contribution is 0.239. The number of rotatable bonds is 2. The lowest BCUT2D eigenvalue weighted by Crippen LogP contribution is -2.35. The van der Waals surface area contributed by atoms with Gasteiger partial charge in [-0.1, -0.05) is 0 Å². The maximum Gasteiger partial charge on any atom is 0.255 e. The molecule has 3 rings (SSSR count). The summed E-state index contributed by atoms with van der Waals surface area (Å²) in [6, 6.07) is 0. The average molecular weight is 262 g/mol. The van der Waals surface area contributed by atoms with E-state index in [1.54, 1.807) is 11.3 Å². The molecule has 1 aliphatic heterocycles. The molecular formula is C12H14N4OS. The van der Waals surface area contributed by atoms with Crippen molar-refractivity contribution in [1.29, 1.82) is 0 Å². The Hall–Kier alpha value is -1.53. The number of hydrogen-bond donors (Lipinski definition) is 1. The van der Waals surface area contributed by atoms with Gasteiger partial charge < -0.3 is 4.98 Å². The van der Waals surface area contributed by atoms with Gasteiger partial charge in [-0.3, -0.25) is 9.69 Å². The summed E-state index contributed by atoms with van der Waals surface area (Å²) in [7, 11) is 0. The van der Waals surface area contributed by atoms with Crippen LogP contribution in [0.4, 0.5) is 0 Å². The highest BCUT2D eigenvalue weighted by atomic mass is 32.1. The lowest BCUT2D eigenvalue weighted by atomic mass is 10.1. The molecule has 0 amide bonds. The number of aryl methyl sites for hydroxylation is 1. The van der Waals surface area contributed by atoms with Gasteiger partial charge in [-0.15, -0.1) is 11.3 Å². The molecule has 0 bridgehead atoms. The van der Waals surface area contributed by atoms with Gasteiger partial charge in [0.05, 0.1) is 22.5 Å². The van der Waals surface area contributed by atoms with Crippen LogP contribution < -0.4 is 5.56 Å². The zero-order valence-corrected chi connectivity index (χ0v) is 11.0. The van der Waals surface area contributed by atoms with E-state index in [0.29, 0.717) is 12.4 Å². The van der Waals surface area contributed by atoms with Crippen LogP contribution in [0.25, 0.3) is 0 Å². The smallest absolute Gasteiger partial charge is 0.255 e. The van der Waals surface area contributed by atoms with Crippen LogP contribution >= 0.6 is 11.3 Å². The van der Waals surface area contributed by atoms with Crippen LogP contribution in [-0.2, 0) is 19.5 Å². The Morgan fingerprint density at radius 2 is 2.44 bits per heavy atom. The monoisotopic (exact) mass is 262 g/mol. The number of aromatic amines is 1. The van der Waals surface area contributed by atoms with Crippen molar-refractivity contribution in [3.05, 3.63) is 44.0 Å². The van der Waals surface area contributed by atoms with Crippen LogP contribution in [0.1, 0.15) is 22.8 Å². The molecule has 2 aromatic heterocycles. The zero-order valence-electron chi connectivity index (χ0n) is 10.1. The van der Waals surface area contributed by atoms with Gasteiger partial charge in [-0.05, 0) is 6.92 Å². The molecule has 0 saturated carbocycles. The Kier molecular flexibility index (Phi) is 2.97. The van der Waals surface area contributed by atoms with E-state index in [0.717, 1.165) is 36.5 Å². The predicted molar refractivity (Wildman–Crippen MR) is 69.5 cm³/mol. The van der Waals surface area contributed by atoms with E-state index in [-0.39, 0.29) is 5.56 Å². The third kappa shape index (κ3) is 2.21. The molecule has 5 nitrogen and oxygen atoms in total. The number of hydrogen-bond acceptors (Lipinski definition) is 5. The van der Waals surface area contributed by atoms with Gasteiger partial charge in [0.25, 0.3) is 5.56 Å². The first-order valence-electron chi connectivity index (χ1n) is 5.90. The summed E-state index contributed by atoms with van der Waals surface area (Å²) < 4.78 is 0. The van der Waals surface area contributed by atoms with Gasteiger partial charge in [-0.2, -0.15) is 0 Å². The van der Waals surface area contributed by atoms with E-state index >= 15 is 0 Å². The molecule has 6 heteroatoms. The van der Waals surface area contributed by atoms with Gasteiger partial charge in [0.2, 0.25) is 0 Å². The van der Waals surface area contributed by atoms with E-state index in [4.69, 9.17) is 0 Å². The SMILES string of the molecule is Cc1nc2c(c(=O)[nH]1)CN(Cc1cscn1)CC2. The highest BCUT2D eigenvalue weighted by molar-refractivity contribution is 7.07. The van der Waals surface area contributed by atoms with Crippen LogP contribution in [0.2, 0.25) is 0 Å². The number of H-pyrrole nitrogens is 1.